The van der Waals surface area contributed by atoms with Crippen molar-refractivity contribution in [2.75, 3.05) is 0 Å². The predicted molar refractivity (Wildman–Crippen MR) is 258 cm³/mol. The average Bonchev–Trinajstić information content (AvgIpc) is 3.90. The van der Waals surface area contributed by atoms with Gasteiger partial charge in [0.05, 0.1) is 22.1 Å². The average molecular weight is 825 g/mol. The monoisotopic (exact) mass is 824 g/mol. The van der Waals surface area contributed by atoms with Crippen LogP contribution >= 0.6 is 0 Å². The molecule has 0 saturated heterocycles. The lowest BCUT2D eigenvalue weighted by Crippen LogP contribution is -2.44. The van der Waals surface area contributed by atoms with Crippen LogP contribution in [0.4, 0.5) is 0 Å². The number of pyridine rings is 4. The summed E-state index contributed by atoms with van der Waals surface area (Å²) in [5, 5.41) is 4.10. The lowest BCUT2D eigenvalue weighted by atomic mass is 9.61. The molecule has 4 aromatic carbocycles. The summed E-state index contributed by atoms with van der Waals surface area (Å²) in [4.78, 5) is 21.9. The minimum absolute atomic E-state index is 0.146. The fourth-order valence-corrected chi connectivity index (χ4v) is 11.4. The molecule has 10 aromatic rings. The van der Waals surface area contributed by atoms with Gasteiger partial charge in [0.25, 0.3) is 0 Å². The van der Waals surface area contributed by atoms with Crippen LogP contribution in [0.15, 0.2) is 97.3 Å². The van der Waals surface area contributed by atoms with Gasteiger partial charge in [-0.25, -0.2) is 19.9 Å². The van der Waals surface area contributed by atoms with Crippen molar-refractivity contribution in [3.63, 3.8) is 0 Å². The molecule has 0 aliphatic carbocycles. The van der Waals surface area contributed by atoms with E-state index in [0.717, 1.165) is 88.6 Å². The van der Waals surface area contributed by atoms with Crippen molar-refractivity contribution in [3.05, 3.63) is 142 Å². The van der Waals surface area contributed by atoms with Crippen LogP contribution in [0.5, 0.6) is 11.5 Å². The fourth-order valence-electron chi connectivity index (χ4n) is 11.4. The molecule has 12 rings (SSSR count). The molecular formula is C56H52N6O. The van der Waals surface area contributed by atoms with Crippen molar-refractivity contribution in [1.29, 1.82) is 0 Å². The molecule has 0 N–H and O–H groups in total. The zero-order valence-corrected chi connectivity index (χ0v) is 38.3. The highest BCUT2D eigenvalue weighted by atomic mass is 16.5. The Kier molecular flexibility index (Phi) is 7.32. The van der Waals surface area contributed by atoms with Crippen molar-refractivity contribution in [2.45, 2.75) is 105 Å². The number of aromatic nitrogens is 6. The maximum Gasteiger partial charge on any atom is 0.154 e. The van der Waals surface area contributed by atoms with Crippen molar-refractivity contribution in [1.82, 2.24) is 28.7 Å². The third-order valence-corrected chi connectivity index (χ3v) is 16.4. The summed E-state index contributed by atoms with van der Waals surface area (Å²) >= 11 is 0. The van der Waals surface area contributed by atoms with Crippen LogP contribution in [0.1, 0.15) is 100 Å². The Hall–Kier alpha value is -6.60. The second kappa shape index (κ2) is 12.1. The maximum absolute atomic E-state index is 7.55. The van der Waals surface area contributed by atoms with E-state index in [0.29, 0.717) is 11.5 Å². The first-order chi connectivity index (χ1) is 29.9. The largest absolute Gasteiger partial charge is 0.453 e. The predicted octanol–water partition coefficient (Wildman–Crippen LogP) is 13.9. The van der Waals surface area contributed by atoms with Crippen LogP contribution in [0.3, 0.4) is 0 Å². The van der Waals surface area contributed by atoms with E-state index < -0.39 is 0 Å². The Balaban J connectivity index is 1.22. The second-order valence-corrected chi connectivity index (χ2v) is 20.6. The van der Waals surface area contributed by atoms with Crippen LogP contribution in [0.2, 0.25) is 0 Å². The third kappa shape index (κ3) is 4.60. The Morgan fingerprint density at radius 2 is 0.810 bits per heavy atom. The van der Waals surface area contributed by atoms with Gasteiger partial charge in [-0.15, -0.1) is 0 Å². The van der Waals surface area contributed by atoms with Crippen molar-refractivity contribution in [2.24, 2.45) is 0 Å². The SMILES string of the molecule is Cc1cccc(C)c1-c1nc2c(cc1Oc1cc3c(nc1-c1c(C)cccc1C)c1cccc4c1n1c(cnc31)C(C)(C)C4(C)C)c1ncc3n1c1c(cccc21)C(C)(C)C3(C)C. The first kappa shape index (κ1) is 38.1. The Morgan fingerprint density at radius 1 is 0.444 bits per heavy atom. The highest BCUT2D eigenvalue weighted by Gasteiger charge is 2.48. The molecule has 2 aliphatic heterocycles. The van der Waals surface area contributed by atoms with Gasteiger partial charge in [0, 0.05) is 78.1 Å². The Labute approximate surface area is 367 Å². The normalized spacial score (nSPS) is 16.8. The number of fused-ring (bicyclic) bond motifs is 6. The molecule has 8 heterocycles. The summed E-state index contributed by atoms with van der Waals surface area (Å²) in [6.07, 6.45) is 4.16. The lowest BCUT2D eigenvalue weighted by molar-refractivity contribution is 0.288. The zero-order chi connectivity index (χ0) is 43.9. The highest BCUT2D eigenvalue weighted by Crippen LogP contribution is 2.54. The number of imidazole rings is 2. The molecule has 0 saturated carbocycles. The summed E-state index contributed by atoms with van der Waals surface area (Å²) in [7, 11) is 0. The number of ether oxygens (including phenoxy) is 1. The molecule has 0 unspecified atom stereocenters. The number of aryl methyl sites for hydroxylation is 4. The molecule has 312 valence electrons. The molecule has 0 atom stereocenters. The summed E-state index contributed by atoms with van der Waals surface area (Å²) in [6.45, 7) is 27.5. The van der Waals surface area contributed by atoms with Crippen LogP contribution in [-0.2, 0) is 21.7 Å². The maximum atomic E-state index is 7.55. The summed E-state index contributed by atoms with van der Waals surface area (Å²) in [5.41, 5.74) is 18.5. The van der Waals surface area contributed by atoms with Gasteiger partial charge in [-0.1, -0.05) is 128 Å². The number of hydrogen-bond donors (Lipinski definition) is 0. The van der Waals surface area contributed by atoms with E-state index >= 15 is 0 Å². The van der Waals surface area contributed by atoms with E-state index in [9.17, 15) is 0 Å². The molecule has 0 bridgehead atoms. The molecule has 2 aliphatic rings. The minimum atomic E-state index is -0.183. The Bertz CT molecular complexity index is 3430. The van der Waals surface area contributed by atoms with E-state index in [2.05, 4.69) is 189 Å². The molecule has 7 heteroatoms. The zero-order valence-electron chi connectivity index (χ0n) is 38.3. The summed E-state index contributed by atoms with van der Waals surface area (Å²) < 4.78 is 12.3. The van der Waals surface area contributed by atoms with Gasteiger partial charge in [-0.2, -0.15) is 0 Å². The van der Waals surface area contributed by atoms with Crippen LogP contribution in [0, 0.1) is 27.7 Å². The number of nitrogens with zero attached hydrogens (tertiary/aromatic N) is 6. The summed E-state index contributed by atoms with van der Waals surface area (Å²) in [6, 6.07) is 30.7. The van der Waals surface area contributed by atoms with Gasteiger partial charge in [0.2, 0.25) is 0 Å². The summed E-state index contributed by atoms with van der Waals surface area (Å²) in [5.74, 6) is 1.30. The first-order valence-electron chi connectivity index (χ1n) is 22.3. The van der Waals surface area contributed by atoms with Crippen molar-refractivity contribution < 1.29 is 4.74 Å². The molecule has 63 heavy (non-hydrogen) atoms. The lowest BCUT2D eigenvalue weighted by Gasteiger charge is -2.45. The standard InChI is InChI=1S/C56H52N6O/c1-29-17-13-18-30(2)43(29)47-39(25-35-45(59-47)33-21-15-23-37-49(33)61-41(27-57-51(35)61)55(9,10)53(37,5)6)63-40-26-36-46(60-48(40)44-31(3)19-14-20-32(44)4)34-22-16-24-38-50(34)62-42(28-58-52(36)62)56(11,12)54(38,7)8/h13-28H,1-12H3. The highest BCUT2D eigenvalue weighted by molar-refractivity contribution is 6.14. The molecule has 0 spiro atoms. The van der Waals surface area contributed by atoms with Gasteiger partial charge < -0.3 is 4.74 Å². The molecule has 6 aromatic heterocycles. The van der Waals surface area contributed by atoms with Gasteiger partial charge in [0.1, 0.15) is 22.7 Å². The van der Waals surface area contributed by atoms with E-state index in [4.69, 9.17) is 24.7 Å². The second-order valence-electron chi connectivity index (χ2n) is 20.6. The van der Waals surface area contributed by atoms with E-state index in [1.54, 1.807) is 0 Å². The molecule has 0 amide bonds. The number of hydrogen-bond acceptors (Lipinski definition) is 5. The number of benzene rings is 4. The van der Waals surface area contributed by atoms with Crippen LogP contribution in [-0.4, -0.2) is 28.7 Å². The molecule has 0 radical (unpaired) electrons. The van der Waals surface area contributed by atoms with Gasteiger partial charge in [-0.3, -0.25) is 8.80 Å². The number of rotatable bonds is 4. The van der Waals surface area contributed by atoms with E-state index in [1.165, 1.54) is 33.5 Å². The quantitative estimate of drug-likeness (QED) is 0.165. The van der Waals surface area contributed by atoms with Gasteiger partial charge >= 0.3 is 0 Å². The van der Waals surface area contributed by atoms with E-state index in [1.807, 2.05) is 0 Å². The van der Waals surface area contributed by atoms with E-state index in [-0.39, 0.29) is 21.7 Å². The molecule has 0 fully saturated rings. The van der Waals surface area contributed by atoms with Crippen molar-refractivity contribution in [3.8, 4) is 34.0 Å². The first-order valence-corrected chi connectivity index (χ1v) is 22.3. The van der Waals surface area contributed by atoms with Crippen LogP contribution in [0.25, 0.3) is 77.4 Å². The molecular weight excluding hydrogens is 773 g/mol. The fraction of sp³-hybridized carbons (Fsp3) is 0.286. The van der Waals surface area contributed by atoms with Crippen molar-refractivity contribution >= 4 is 54.9 Å². The molecule has 7 nitrogen and oxygen atoms in total. The van der Waals surface area contributed by atoms with Crippen LogP contribution < -0.4 is 4.74 Å². The smallest absolute Gasteiger partial charge is 0.154 e. The minimum Gasteiger partial charge on any atom is -0.453 e. The van der Waals surface area contributed by atoms with Gasteiger partial charge in [0.15, 0.2) is 11.5 Å². The number of para-hydroxylation sites is 2. The topological polar surface area (TPSA) is 69.6 Å². The van der Waals surface area contributed by atoms with Gasteiger partial charge in [-0.05, 0) is 73.2 Å². The third-order valence-electron chi connectivity index (χ3n) is 16.4. The Morgan fingerprint density at radius 3 is 1.19 bits per heavy atom.